The summed E-state index contributed by atoms with van der Waals surface area (Å²) in [5, 5.41) is 20.6. The highest BCUT2D eigenvalue weighted by Crippen LogP contribution is 2.39. The third kappa shape index (κ3) is 4.03. The van der Waals surface area contributed by atoms with Gasteiger partial charge in [0.15, 0.2) is 0 Å². The van der Waals surface area contributed by atoms with Crippen LogP contribution in [-0.2, 0) is 0 Å². The minimum Gasteiger partial charge on any atom is -0.309 e. The van der Waals surface area contributed by atoms with Gasteiger partial charge in [0, 0.05) is 16.5 Å². The summed E-state index contributed by atoms with van der Waals surface area (Å²) >= 11 is 0. The van der Waals surface area contributed by atoms with Crippen LogP contribution in [0.5, 0.6) is 0 Å². The van der Waals surface area contributed by atoms with Gasteiger partial charge in [0.2, 0.25) is 11.4 Å². The average molecular weight is 532 g/mol. The number of hydrogen-bond donors (Lipinski definition) is 0. The van der Waals surface area contributed by atoms with Gasteiger partial charge in [0.25, 0.3) is 0 Å². The molecule has 41 heavy (non-hydrogen) atoms. The molecule has 5 nitrogen and oxygen atoms in total. The second-order valence-corrected chi connectivity index (χ2v) is 9.30. The van der Waals surface area contributed by atoms with E-state index in [0.717, 1.165) is 27.5 Å². The molecule has 6 rings (SSSR count). The zero-order chi connectivity index (χ0) is 28.7. The number of nitrogens with zero attached hydrogens (tertiary/aromatic N) is 5. The van der Waals surface area contributed by atoms with Gasteiger partial charge in [-0.2, -0.15) is 10.5 Å². The minimum absolute atomic E-state index is 0.206. The van der Waals surface area contributed by atoms with E-state index >= 15 is 0 Å². The zero-order valence-electron chi connectivity index (χ0n) is 21.2. The molecule has 0 saturated heterocycles. The smallest absolute Gasteiger partial charge is 0.224 e. The summed E-state index contributed by atoms with van der Waals surface area (Å²) in [7, 11) is 0. The third-order valence-electron chi connectivity index (χ3n) is 7.03. The number of para-hydroxylation sites is 1. The lowest BCUT2D eigenvalue weighted by Crippen LogP contribution is -1.93. The maximum atomic E-state index is 14.5. The molecule has 0 aliphatic rings. The van der Waals surface area contributed by atoms with Crippen LogP contribution in [0.15, 0.2) is 91.0 Å². The lowest BCUT2D eigenvalue weighted by Gasteiger charge is -2.09. The first-order valence-electron chi connectivity index (χ1n) is 12.3. The first kappa shape index (κ1) is 25.0. The third-order valence-corrected chi connectivity index (χ3v) is 7.03. The van der Waals surface area contributed by atoms with Crippen LogP contribution in [0.25, 0.3) is 59.4 Å². The number of halogens is 2. The van der Waals surface area contributed by atoms with E-state index in [2.05, 4.69) is 14.3 Å². The van der Waals surface area contributed by atoms with E-state index in [0.29, 0.717) is 22.3 Å². The maximum Gasteiger partial charge on any atom is 0.224 e. The number of benzene rings is 5. The Hall–Kier alpha value is -6.28. The standard InChI is InChI=1S/C34H15F2N5/c1-39-29-16-22(12-24(18-37)33(29)35)20-8-10-31-27(14-20)28-15-21(23-13-25(19-38)34(36)30(17-23)40-2)9-11-32(28)41(31)26-6-4-3-5-7-26/h3-17H. The quantitative estimate of drug-likeness (QED) is 0.214. The Morgan fingerprint density at radius 1 is 0.585 bits per heavy atom. The predicted molar refractivity (Wildman–Crippen MR) is 154 cm³/mol. The largest absolute Gasteiger partial charge is 0.309 e. The normalized spacial score (nSPS) is 10.6. The van der Waals surface area contributed by atoms with Crippen molar-refractivity contribution in [1.29, 1.82) is 10.5 Å². The Balaban J connectivity index is 1.65. The Morgan fingerprint density at radius 2 is 1.05 bits per heavy atom. The lowest BCUT2D eigenvalue weighted by molar-refractivity contribution is 0.629. The lowest BCUT2D eigenvalue weighted by atomic mass is 9.98. The highest BCUT2D eigenvalue weighted by molar-refractivity contribution is 6.11. The molecule has 0 aliphatic heterocycles. The van der Waals surface area contributed by atoms with Gasteiger partial charge in [-0.3, -0.25) is 0 Å². The summed E-state index contributed by atoms with van der Waals surface area (Å²) < 4.78 is 31.0. The molecule has 7 heteroatoms. The minimum atomic E-state index is -0.840. The van der Waals surface area contributed by atoms with Crippen molar-refractivity contribution in [3.63, 3.8) is 0 Å². The molecule has 0 spiro atoms. The van der Waals surface area contributed by atoms with E-state index in [4.69, 9.17) is 13.1 Å². The average Bonchev–Trinajstić information content (AvgIpc) is 3.34. The molecule has 1 heterocycles. The van der Waals surface area contributed by atoms with Gasteiger partial charge in [-0.15, -0.1) is 0 Å². The number of hydrogen-bond acceptors (Lipinski definition) is 2. The van der Waals surface area contributed by atoms with Crippen molar-refractivity contribution in [2.75, 3.05) is 0 Å². The second kappa shape index (κ2) is 9.79. The van der Waals surface area contributed by atoms with Crippen LogP contribution < -0.4 is 0 Å². The summed E-state index contributed by atoms with van der Waals surface area (Å²) in [4.78, 5) is 6.50. The van der Waals surface area contributed by atoms with Crippen LogP contribution in [0.1, 0.15) is 11.1 Å². The molecule has 0 N–H and O–H groups in total. The molecule has 5 aromatic carbocycles. The molecular weight excluding hydrogens is 516 g/mol. The molecular formula is C34H15F2N5. The van der Waals surface area contributed by atoms with E-state index in [1.807, 2.05) is 78.9 Å². The fourth-order valence-corrected chi connectivity index (χ4v) is 5.11. The van der Waals surface area contributed by atoms with Gasteiger partial charge >= 0.3 is 0 Å². The number of fused-ring (bicyclic) bond motifs is 3. The molecule has 1 aromatic heterocycles. The van der Waals surface area contributed by atoms with Gasteiger partial charge in [0.1, 0.15) is 23.8 Å². The van der Waals surface area contributed by atoms with Crippen molar-refractivity contribution in [3.05, 3.63) is 137 Å². The van der Waals surface area contributed by atoms with E-state index in [9.17, 15) is 19.3 Å². The molecule has 0 aliphatic carbocycles. The molecule has 6 aromatic rings. The van der Waals surface area contributed by atoms with Gasteiger partial charge in [-0.1, -0.05) is 30.3 Å². The van der Waals surface area contributed by atoms with Gasteiger partial charge in [-0.05, 0) is 82.9 Å². The Kier molecular flexibility index (Phi) is 5.98. The van der Waals surface area contributed by atoms with Crippen molar-refractivity contribution in [3.8, 4) is 40.1 Å². The van der Waals surface area contributed by atoms with E-state index in [1.54, 1.807) is 0 Å². The maximum absolute atomic E-state index is 14.5. The Labute approximate surface area is 233 Å². The number of nitriles is 2. The SMILES string of the molecule is [C-]#[N+]c1cc(-c2ccc3c(c2)c2cc(-c4cc(C#N)c(F)c([N+]#[C-])c4)ccc2n3-c2ccccc2)cc(C#N)c1F. The van der Waals surface area contributed by atoms with Crippen molar-refractivity contribution in [2.24, 2.45) is 0 Å². The second-order valence-electron chi connectivity index (χ2n) is 9.30. The summed E-state index contributed by atoms with van der Waals surface area (Å²) in [5.41, 5.74) is 4.30. The van der Waals surface area contributed by atoms with Crippen LogP contribution in [0, 0.1) is 47.4 Å². The molecule has 0 amide bonds. The van der Waals surface area contributed by atoms with Crippen LogP contribution in [0.2, 0.25) is 0 Å². The van der Waals surface area contributed by atoms with Gasteiger partial charge < -0.3 is 4.57 Å². The van der Waals surface area contributed by atoms with Crippen LogP contribution >= 0.6 is 0 Å². The van der Waals surface area contributed by atoms with Crippen molar-refractivity contribution < 1.29 is 8.78 Å². The molecule has 190 valence electrons. The number of aromatic nitrogens is 1. The molecule has 0 atom stereocenters. The van der Waals surface area contributed by atoms with E-state index in [1.165, 1.54) is 24.3 Å². The first-order chi connectivity index (χ1) is 20.0. The Bertz CT molecular complexity index is 2010. The predicted octanol–water partition coefficient (Wildman–Crippen LogP) is 9.24. The van der Waals surface area contributed by atoms with Gasteiger partial charge in [-0.25, -0.2) is 18.5 Å². The van der Waals surface area contributed by atoms with Crippen molar-refractivity contribution in [2.45, 2.75) is 0 Å². The summed E-state index contributed by atoms with van der Waals surface area (Å²) in [5.74, 6) is -1.68. The topological polar surface area (TPSA) is 61.2 Å². The molecule has 0 radical (unpaired) electrons. The van der Waals surface area contributed by atoms with Crippen LogP contribution in [-0.4, -0.2) is 4.57 Å². The number of rotatable bonds is 3. The summed E-state index contributed by atoms with van der Waals surface area (Å²) in [6.45, 7) is 14.7. The van der Waals surface area contributed by atoms with E-state index in [-0.39, 0.29) is 22.5 Å². The van der Waals surface area contributed by atoms with Crippen molar-refractivity contribution >= 4 is 33.2 Å². The monoisotopic (exact) mass is 531 g/mol. The summed E-state index contributed by atoms with van der Waals surface area (Å²) in [6.07, 6.45) is 0. The fourth-order valence-electron chi connectivity index (χ4n) is 5.11. The highest BCUT2D eigenvalue weighted by atomic mass is 19.1. The van der Waals surface area contributed by atoms with Crippen LogP contribution in [0.4, 0.5) is 20.2 Å². The Morgan fingerprint density at radius 3 is 1.46 bits per heavy atom. The molecule has 0 saturated carbocycles. The fraction of sp³-hybridized carbons (Fsp3) is 0. The molecule has 0 unspecified atom stereocenters. The zero-order valence-corrected chi connectivity index (χ0v) is 21.2. The molecule has 0 bridgehead atoms. The van der Waals surface area contributed by atoms with E-state index < -0.39 is 11.6 Å². The van der Waals surface area contributed by atoms with Crippen LogP contribution in [0.3, 0.4) is 0 Å². The molecule has 0 fully saturated rings. The summed E-state index contributed by atoms with van der Waals surface area (Å²) in [6, 6.07) is 30.6. The van der Waals surface area contributed by atoms with Crippen molar-refractivity contribution in [1.82, 2.24) is 4.57 Å². The highest BCUT2D eigenvalue weighted by Gasteiger charge is 2.18. The van der Waals surface area contributed by atoms with Gasteiger partial charge in [0.05, 0.1) is 35.3 Å². The first-order valence-corrected chi connectivity index (χ1v) is 12.3.